The maximum atomic E-state index is 12.3. The molecule has 0 aliphatic heterocycles. The lowest BCUT2D eigenvalue weighted by Gasteiger charge is -2.10. The summed E-state index contributed by atoms with van der Waals surface area (Å²) in [6.45, 7) is 5.86. The normalized spacial score (nSPS) is 11.5. The third kappa shape index (κ3) is 3.16. The van der Waals surface area contributed by atoms with Gasteiger partial charge in [0.05, 0.1) is 0 Å². The molecule has 19 heavy (non-hydrogen) atoms. The van der Waals surface area contributed by atoms with Crippen molar-refractivity contribution in [3.63, 3.8) is 0 Å². The van der Waals surface area contributed by atoms with E-state index in [1.54, 1.807) is 12.1 Å². The molecule has 0 aliphatic rings. The van der Waals surface area contributed by atoms with Crippen molar-refractivity contribution in [1.82, 2.24) is 4.98 Å². The number of aryl methyl sites for hydroxylation is 3. The minimum Gasteiger partial charge on any atom is -0.244 e. The molecule has 1 aromatic carbocycles. The van der Waals surface area contributed by atoms with Crippen molar-refractivity contribution >= 4 is 19.7 Å². The molecule has 0 saturated carbocycles. The number of hydrogen-bond acceptors (Lipinski definition) is 4. The fraction of sp³-hybridized carbons (Fsp3) is 0.214. The van der Waals surface area contributed by atoms with E-state index in [0.29, 0.717) is 0 Å². The van der Waals surface area contributed by atoms with E-state index in [4.69, 9.17) is 0 Å². The van der Waals surface area contributed by atoms with Crippen molar-refractivity contribution < 1.29 is 8.42 Å². The van der Waals surface area contributed by atoms with Crippen LogP contribution in [0.1, 0.15) is 16.7 Å². The second-order valence-electron chi connectivity index (χ2n) is 4.43. The monoisotopic (exact) mass is 293 g/mol. The highest BCUT2D eigenvalue weighted by Crippen LogP contribution is 2.34. The molecule has 0 spiro atoms. The third-order valence-electron chi connectivity index (χ3n) is 2.69. The smallest absolute Gasteiger partial charge is 0.244 e. The van der Waals surface area contributed by atoms with E-state index < -0.39 is 8.87 Å². The number of benzene rings is 1. The minimum atomic E-state index is -3.47. The van der Waals surface area contributed by atoms with Crippen LogP contribution in [0.25, 0.3) is 0 Å². The molecule has 0 unspecified atom stereocenters. The van der Waals surface area contributed by atoms with E-state index >= 15 is 0 Å². The Morgan fingerprint density at radius 1 is 1.05 bits per heavy atom. The van der Waals surface area contributed by atoms with Gasteiger partial charge in [-0.3, -0.25) is 0 Å². The summed E-state index contributed by atoms with van der Waals surface area (Å²) >= 11 is 0. The molecular weight excluding hydrogens is 278 g/mol. The van der Waals surface area contributed by atoms with Crippen molar-refractivity contribution in [3.8, 4) is 0 Å². The molecule has 0 aliphatic carbocycles. The minimum absolute atomic E-state index is 0.0966. The first-order valence-corrected chi connectivity index (χ1v) is 8.65. The van der Waals surface area contributed by atoms with Crippen LogP contribution < -0.4 is 0 Å². The average molecular weight is 293 g/mol. The van der Waals surface area contributed by atoms with Gasteiger partial charge < -0.3 is 0 Å². The molecule has 0 radical (unpaired) electrons. The zero-order chi connectivity index (χ0) is 14.0. The van der Waals surface area contributed by atoms with Crippen LogP contribution in [-0.2, 0) is 8.87 Å². The fourth-order valence-electron chi connectivity index (χ4n) is 1.95. The van der Waals surface area contributed by atoms with E-state index in [1.165, 1.54) is 12.3 Å². The molecule has 0 N–H and O–H groups in total. The number of hydrogen-bond donors (Lipinski definition) is 0. The molecule has 0 amide bonds. The van der Waals surface area contributed by atoms with Gasteiger partial charge in [-0.25, -0.2) is 13.4 Å². The Kier molecular flexibility index (Phi) is 3.96. The highest BCUT2D eigenvalue weighted by molar-refractivity contribution is 8.72. The first-order valence-electron chi connectivity index (χ1n) is 5.83. The highest BCUT2D eigenvalue weighted by atomic mass is 33.1. The Bertz CT molecular complexity index is 672. The molecule has 0 saturated heterocycles. The Morgan fingerprint density at radius 2 is 1.68 bits per heavy atom. The number of nitrogens with zero attached hydrogens (tertiary/aromatic N) is 1. The summed E-state index contributed by atoms with van der Waals surface area (Å²) in [5.74, 6) is 0. The van der Waals surface area contributed by atoms with Crippen molar-refractivity contribution in [2.45, 2.75) is 30.7 Å². The van der Waals surface area contributed by atoms with E-state index in [1.807, 2.05) is 32.9 Å². The molecule has 100 valence electrons. The standard InChI is InChI=1S/C14H15NO2S2/c1-10-8-11(2)14(12(3)9-10)18-19(16,17)13-6-4-5-7-15-13/h4-9H,1-3H3. The van der Waals surface area contributed by atoms with Crippen LogP contribution in [0.2, 0.25) is 0 Å². The molecule has 5 heteroatoms. The molecule has 2 rings (SSSR count). The molecule has 1 aromatic heterocycles. The average Bonchev–Trinajstić information content (AvgIpc) is 2.35. The predicted molar refractivity (Wildman–Crippen MR) is 77.9 cm³/mol. The lowest BCUT2D eigenvalue weighted by atomic mass is 10.1. The van der Waals surface area contributed by atoms with Gasteiger partial charge in [0.1, 0.15) is 0 Å². The Labute approximate surface area is 117 Å². The van der Waals surface area contributed by atoms with Gasteiger partial charge in [-0.2, -0.15) is 0 Å². The number of rotatable bonds is 3. The van der Waals surface area contributed by atoms with Crippen LogP contribution in [0.4, 0.5) is 0 Å². The lowest BCUT2D eigenvalue weighted by molar-refractivity contribution is 0.607. The van der Waals surface area contributed by atoms with Gasteiger partial charge in [0.2, 0.25) is 0 Å². The topological polar surface area (TPSA) is 47.0 Å². The first kappa shape index (κ1) is 14.1. The van der Waals surface area contributed by atoms with Crippen molar-refractivity contribution in [1.29, 1.82) is 0 Å². The van der Waals surface area contributed by atoms with Crippen LogP contribution in [-0.4, -0.2) is 13.4 Å². The SMILES string of the molecule is Cc1cc(C)c(SS(=O)(=O)c2ccccn2)c(C)c1. The summed E-state index contributed by atoms with van der Waals surface area (Å²) in [5.41, 5.74) is 3.08. The third-order valence-corrected chi connectivity index (χ3v) is 6.15. The van der Waals surface area contributed by atoms with Crippen molar-refractivity contribution in [3.05, 3.63) is 53.2 Å². The molecule has 0 atom stereocenters. The van der Waals surface area contributed by atoms with Crippen LogP contribution >= 0.6 is 10.8 Å². The van der Waals surface area contributed by atoms with Crippen LogP contribution in [0.5, 0.6) is 0 Å². The quantitative estimate of drug-likeness (QED) is 0.813. The van der Waals surface area contributed by atoms with E-state index in [-0.39, 0.29) is 5.03 Å². The maximum absolute atomic E-state index is 12.3. The summed E-state index contributed by atoms with van der Waals surface area (Å²) in [6, 6.07) is 8.87. The zero-order valence-corrected chi connectivity index (χ0v) is 12.7. The molecule has 0 fully saturated rings. The van der Waals surface area contributed by atoms with Gasteiger partial charge in [0.15, 0.2) is 5.03 Å². The summed E-state index contributed by atoms with van der Waals surface area (Å²) in [7, 11) is -2.59. The number of pyridine rings is 1. The van der Waals surface area contributed by atoms with E-state index in [0.717, 1.165) is 32.4 Å². The van der Waals surface area contributed by atoms with Gasteiger partial charge in [-0.15, -0.1) is 0 Å². The Morgan fingerprint density at radius 3 is 2.21 bits per heavy atom. The van der Waals surface area contributed by atoms with Gasteiger partial charge in [-0.1, -0.05) is 23.8 Å². The van der Waals surface area contributed by atoms with Gasteiger partial charge >= 0.3 is 0 Å². The summed E-state index contributed by atoms with van der Waals surface area (Å²) in [6.07, 6.45) is 1.49. The molecule has 3 nitrogen and oxygen atoms in total. The summed E-state index contributed by atoms with van der Waals surface area (Å²) in [5, 5.41) is 0.0966. The molecular formula is C14H15NO2S2. The van der Waals surface area contributed by atoms with Gasteiger partial charge in [-0.05, 0) is 44.0 Å². The Hall–Kier alpha value is -1.33. The summed E-state index contributed by atoms with van der Waals surface area (Å²) in [4.78, 5) is 4.70. The van der Waals surface area contributed by atoms with Crippen molar-refractivity contribution in [2.75, 3.05) is 0 Å². The molecule has 1 heterocycles. The molecule has 0 bridgehead atoms. The van der Waals surface area contributed by atoms with Crippen molar-refractivity contribution in [2.24, 2.45) is 0 Å². The van der Waals surface area contributed by atoms with Crippen LogP contribution in [0.15, 0.2) is 46.5 Å². The maximum Gasteiger partial charge on any atom is 0.251 e. The largest absolute Gasteiger partial charge is 0.251 e. The van der Waals surface area contributed by atoms with Crippen LogP contribution in [0, 0.1) is 20.8 Å². The van der Waals surface area contributed by atoms with Gasteiger partial charge in [0.25, 0.3) is 8.87 Å². The van der Waals surface area contributed by atoms with Gasteiger partial charge in [0, 0.05) is 21.9 Å². The highest BCUT2D eigenvalue weighted by Gasteiger charge is 2.20. The first-order chi connectivity index (χ1) is 8.90. The van der Waals surface area contributed by atoms with E-state index in [9.17, 15) is 8.42 Å². The lowest BCUT2D eigenvalue weighted by Crippen LogP contribution is -1.99. The Balaban J connectivity index is 2.42. The number of aromatic nitrogens is 1. The molecule has 2 aromatic rings. The zero-order valence-electron chi connectivity index (χ0n) is 11.0. The fourth-order valence-corrected chi connectivity index (χ4v) is 5.07. The predicted octanol–water partition coefficient (Wildman–Crippen LogP) is 3.49. The second-order valence-corrected chi connectivity index (χ2v) is 8.15. The van der Waals surface area contributed by atoms with Crippen LogP contribution in [0.3, 0.4) is 0 Å². The van der Waals surface area contributed by atoms with E-state index in [2.05, 4.69) is 4.98 Å². The second kappa shape index (κ2) is 5.35. The summed E-state index contributed by atoms with van der Waals surface area (Å²) < 4.78 is 24.6.